The van der Waals surface area contributed by atoms with Crippen LogP contribution in [0.25, 0.3) is 0 Å². The average Bonchev–Trinajstić information content (AvgIpc) is 2.74. The van der Waals surface area contributed by atoms with Crippen molar-refractivity contribution in [1.29, 1.82) is 0 Å². The molecular weight excluding hydrogens is 184 g/mol. The standard InChI is InChI=1S/C14H20O/c1-13(2)11-10(15)8-9-6-4-5-7-14(9,3)12(11)13/h8,11-12H,4-7H2,1-3H3/t11-,12+,14+/m1/s1. The summed E-state index contributed by atoms with van der Waals surface area (Å²) in [5.74, 6) is 1.39. The maximum Gasteiger partial charge on any atom is 0.159 e. The van der Waals surface area contributed by atoms with E-state index in [4.69, 9.17) is 0 Å². The summed E-state index contributed by atoms with van der Waals surface area (Å²) in [5, 5.41) is 0. The maximum atomic E-state index is 12.0. The van der Waals surface area contributed by atoms with Crippen LogP contribution in [0.4, 0.5) is 0 Å². The molecule has 15 heavy (non-hydrogen) atoms. The van der Waals surface area contributed by atoms with E-state index in [-0.39, 0.29) is 5.41 Å². The van der Waals surface area contributed by atoms with Crippen molar-refractivity contribution in [1.82, 2.24) is 0 Å². The van der Waals surface area contributed by atoms with Gasteiger partial charge in [-0.3, -0.25) is 4.79 Å². The minimum absolute atomic E-state index is 0.265. The molecule has 3 rings (SSSR count). The fourth-order valence-electron chi connectivity index (χ4n) is 4.47. The van der Waals surface area contributed by atoms with Gasteiger partial charge in [0, 0.05) is 5.92 Å². The Hall–Kier alpha value is -0.590. The highest BCUT2D eigenvalue weighted by molar-refractivity contribution is 5.97. The summed E-state index contributed by atoms with van der Waals surface area (Å²) in [4.78, 5) is 12.0. The van der Waals surface area contributed by atoms with Gasteiger partial charge in [-0.2, -0.15) is 0 Å². The van der Waals surface area contributed by atoms with E-state index in [1.807, 2.05) is 6.08 Å². The van der Waals surface area contributed by atoms with E-state index < -0.39 is 0 Å². The molecule has 0 heterocycles. The Morgan fingerprint density at radius 3 is 2.73 bits per heavy atom. The summed E-state index contributed by atoms with van der Waals surface area (Å²) < 4.78 is 0. The van der Waals surface area contributed by atoms with Crippen molar-refractivity contribution >= 4 is 5.78 Å². The van der Waals surface area contributed by atoms with Gasteiger partial charge in [-0.25, -0.2) is 0 Å². The van der Waals surface area contributed by atoms with Gasteiger partial charge in [0.25, 0.3) is 0 Å². The molecule has 2 fully saturated rings. The third-order valence-corrected chi connectivity index (χ3v) is 5.26. The molecule has 0 amide bonds. The Kier molecular flexibility index (Phi) is 1.64. The lowest BCUT2D eigenvalue weighted by molar-refractivity contribution is -0.117. The van der Waals surface area contributed by atoms with Gasteiger partial charge in [0.15, 0.2) is 5.78 Å². The van der Waals surface area contributed by atoms with Gasteiger partial charge in [0.2, 0.25) is 0 Å². The Morgan fingerprint density at radius 1 is 1.27 bits per heavy atom. The Bertz CT molecular complexity index is 364. The van der Waals surface area contributed by atoms with Gasteiger partial charge >= 0.3 is 0 Å². The Labute approximate surface area is 91.9 Å². The molecule has 3 aliphatic carbocycles. The van der Waals surface area contributed by atoms with E-state index in [0.29, 0.717) is 23.0 Å². The fourth-order valence-corrected chi connectivity index (χ4v) is 4.47. The lowest BCUT2D eigenvalue weighted by Gasteiger charge is -2.39. The number of hydrogen-bond acceptors (Lipinski definition) is 1. The molecular formula is C14H20O. The van der Waals surface area contributed by atoms with Crippen LogP contribution >= 0.6 is 0 Å². The van der Waals surface area contributed by atoms with E-state index in [0.717, 1.165) is 0 Å². The molecule has 0 radical (unpaired) electrons. The predicted octanol–water partition coefficient (Wildman–Crippen LogP) is 3.35. The third-order valence-electron chi connectivity index (χ3n) is 5.26. The van der Waals surface area contributed by atoms with Crippen LogP contribution in [0.5, 0.6) is 0 Å². The fraction of sp³-hybridized carbons (Fsp3) is 0.786. The van der Waals surface area contributed by atoms with Gasteiger partial charge in [-0.1, -0.05) is 32.8 Å². The number of carbonyl (C=O) groups excluding carboxylic acids is 1. The first-order valence-corrected chi connectivity index (χ1v) is 6.23. The van der Waals surface area contributed by atoms with Gasteiger partial charge in [-0.15, -0.1) is 0 Å². The molecule has 0 aromatic carbocycles. The summed E-state index contributed by atoms with van der Waals surface area (Å²) in [5.41, 5.74) is 2.09. The lowest BCUT2D eigenvalue weighted by atomic mass is 9.65. The zero-order valence-electron chi connectivity index (χ0n) is 9.97. The quantitative estimate of drug-likeness (QED) is 0.591. The maximum absolute atomic E-state index is 12.0. The minimum atomic E-state index is 0.265. The van der Waals surface area contributed by atoms with Crippen molar-refractivity contribution in [2.75, 3.05) is 0 Å². The highest BCUT2D eigenvalue weighted by Crippen LogP contribution is 2.72. The van der Waals surface area contributed by atoms with Crippen molar-refractivity contribution < 1.29 is 4.79 Å². The zero-order valence-corrected chi connectivity index (χ0v) is 9.97. The minimum Gasteiger partial charge on any atom is -0.295 e. The molecule has 0 aliphatic heterocycles. The summed E-state index contributed by atoms with van der Waals surface area (Å²) in [6, 6.07) is 0. The molecule has 3 aliphatic rings. The van der Waals surface area contributed by atoms with Gasteiger partial charge < -0.3 is 0 Å². The van der Waals surface area contributed by atoms with E-state index in [9.17, 15) is 4.79 Å². The van der Waals surface area contributed by atoms with E-state index in [2.05, 4.69) is 20.8 Å². The first-order valence-electron chi connectivity index (χ1n) is 6.23. The highest BCUT2D eigenvalue weighted by Gasteiger charge is 2.69. The molecule has 0 N–H and O–H groups in total. The second-order valence-corrected chi connectivity index (χ2v) is 6.47. The van der Waals surface area contributed by atoms with Gasteiger partial charge in [-0.05, 0) is 42.1 Å². The largest absolute Gasteiger partial charge is 0.295 e. The molecule has 0 aromatic rings. The summed E-state index contributed by atoms with van der Waals surface area (Å²) >= 11 is 0. The smallest absolute Gasteiger partial charge is 0.159 e. The van der Waals surface area contributed by atoms with Crippen LogP contribution in [0.1, 0.15) is 46.5 Å². The van der Waals surface area contributed by atoms with Gasteiger partial charge in [0.1, 0.15) is 0 Å². The van der Waals surface area contributed by atoms with Crippen LogP contribution in [-0.2, 0) is 4.79 Å². The van der Waals surface area contributed by atoms with E-state index in [1.165, 1.54) is 31.3 Å². The van der Waals surface area contributed by atoms with Crippen LogP contribution < -0.4 is 0 Å². The lowest BCUT2D eigenvalue weighted by Crippen LogP contribution is -2.31. The van der Waals surface area contributed by atoms with Crippen molar-refractivity contribution in [3.05, 3.63) is 11.6 Å². The molecule has 2 saturated carbocycles. The van der Waals surface area contributed by atoms with Crippen LogP contribution in [0, 0.1) is 22.7 Å². The van der Waals surface area contributed by atoms with Crippen LogP contribution in [-0.4, -0.2) is 5.78 Å². The second-order valence-electron chi connectivity index (χ2n) is 6.47. The number of carbonyl (C=O) groups is 1. The molecule has 1 heteroatoms. The summed E-state index contributed by atoms with van der Waals surface area (Å²) in [6.45, 7) is 6.95. The first kappa shape index (κ1) is 9.62. The number of allylic oxidation sites excluding steroid dienone is 2. The van der Waals surface area contributed by atoms with Crippen LogP contribution in [0.15, 0.2) is 11.6 Å². The van der Waals surface area contributed by atoms with E-state index in [1.54, 1.807) is 0 Å². The highest BCUT2D eigenvalue weighted by atomic mass is 16.1. The molecule has 82 valence electrons. The topological polar surface area (TPSA) is 17.1 Å². The predicted molar refractivity (Wildman–Crippen MR) is 60.4 cm³/mol. The van der Waals surface area contributed by atoms with Gasteiger partial charge in [0.05, 0.1) is 0 Å². The van der Waals surface area contributed by atoms with Crippen molar-refractivity contribution in [3.63, 3.8) is 0 Å². The SMILES string of the molecule is CC1(C)[C@@H]2C(=O)C=C3CCCC[C@]3(C)[C@@H]21. The average molecular weight is 204 g/mol. The zero-order chi connectivity index (χ0) is 10.8. The molecule has 3 atom stereocenters. The molecule has 0 spiro atoms. The summed E-state index contributed by atoms with van der Waals surface area (Å²) in [6.07, 6.45) is 7.10. The second kappa shape index (κ2) is 2.56. The van der Waals surface area contributed by atoms with Crippen molar-refractivity contribution in [2.24, 2.45) is 22.7 Å². The Balaban J connectivity index is 2.06. The van der Waals surface area contributed by atoms with Crippen molar-refractivity contribution in [3.8, 4) is 0 Å². The molecule has 0 bridgehead atoms. The molecule has 0 saturated heterocycles. The Morgan fingerprint density at radius 2 is 2.00 bits per heavy atom. The molecule has 0 unspecified atom stereocenters. The number of rotatable bonds is 0. The number of hydrogen-bond donors (Lipinski definition) is 0. The number of fused-ring (bicyclic) bond motifs is 3. The number of ketones is 1. The normalized spacial score (nSPS) is 46.6. The van der Waals surface area contributed by atoms with Crippen molar-refractivity contribution in [2.45, 2.75) is 46.5 Å². The third kappa shape index (κ3) is 1.02. The summed E-state index contributed by atoms with van der Waals surface area (Å²) in [7, 11) is 0. The monoisotopic (exact) mass is 204 g/mol. The molecule has 0 aromatic heterocycles. The van der Waals surface area contributed by atoms with Crippen LogP contribution in [0.3, 0.4) is 0 Å². The molecule has 1 nitrogen and oxygen atoms in total. The van der Waals surface area contributed by atoms with E-state index >= 15 is 0 Å². The van der Waals surface area contributed by atoms with Crippen LogP contribution in [0.2, 0.25) is 0 Å². The first-order chi connectivity index (χ1) is 6.98.